The number of benzene rings is 1. The fourth-order valence-electron chi connectivity index (χ4n) is 1.96. The molecule has 0 aliphatic heterocycles. The number of hydrogen-bond donors (Lipinski definition) is 1. The van der Waals surface area contributed by atoms with Crippen LogP contribution in [0.4, 0.5) is 19.1 Å². The maximum Gasteiger partial charge on any atom is 0.245 e. The zero-order valence-electron chi connectivity index (χ0n) is 10.6. The van der Waals surface area contributed by atoms with E-state index in [0.717, 1.165) is 10.9 Å². The molecule has 3 rings (SSSR count). The van der Waals surface area contributed by atoms with Gasteiger partial charge < -0.3 is 10.5 Å². The number of nitrogens with zero attached hydrogens (tertiary/aromatic N) is 4. The summed E-state index contributed by atoms with van der Waals surface area (Å²) >= 11 is 0. The summed E-state index contributed by atoms with van der Waals surface area (Å²) in [5.74, 6) is -3.54. The predicted octanol–water partition coefficient (Wildman–Crippen LogP) is 1.82. The second-order valence-electron chi connectivity index (χ2n) is 4.08. The smallest absolute Gasteiger partial charge is 0.245 e. The Morgan fingerprint density at radius 3 is 2.52 bits per heavy atom. The molecule has 0 radical (unpaired) electrons. The minimum absolute atomic E-state index is 0.115. The monoisotopic (exact) mass is 295 g/mol. The Labute approximate surface area is 116 Å². The van der Waals surface area contributed by atoms with Crippen LogP contribution in [-0.2, 0) is 0 Å². The number of nitrogen functional groups attached to an aromatic ring is 1. The first-order chi connectivity index (χ1) is 10.0. The lowest BCUT2D eigenvalue weighted by molar-refractivity contribution is 0.401. The molecule has 2 aromatic heterocycles. The maximum atomic E-state index is 13.9. The molecule has 3 aromatic rings. The number of ether oxygens (including phenoxy) is 1. The molecular weight excluding hydrogens is 287 g/mol. The first-order valence-corrected chi connectivity index (χ1v) is 5.70. The minimum Gasteiger partial charge on any atom is -0.479 e. The van der Waals surface area contributed by atoms with E-state index in [9.17, 15) is 13.2 Å². The largest absolute Gasteiger partial charge is 0.479 e. The van der Waals surface area contributed by atoms with Gasteiger partial charge in [-0.15, -0.1) is 0 Å². The highest BCUT2D eigenvalue weighted by Gasteiger charge is 2.20. The van der Waals surface area contributed by atoms with Gasteiger partial charge in [0, 0.05) is 12.1 Å². The maximum absolute atomic E-state index is 13.9. The number of methoxy groups -OCH3 is 1. The topological polar surface area (TPSA) is 78.8 Å². The first kappa shape index (κ1) is 13.2. The molecule has 2 heterocycles. The van der Waals surface area contributed by atoms with Gasteiger partial charge in [-0.3, -0.25) is 4.57 Å². The molecule has 0 spiro atoms. The van der Waals surface area contributed by atoms with E-state index in [2.05, 4.69) is 15.0 Å². The molecule has 0 aliphatic rings. The van der Waals surface area contributed by atoms with Crippen LogP contribution < -0.4 is 10.5 Å². The van der Waals surface area contributed by atoms with E-state index in [4.69, 9.17) is 10.5 Å². The van der Waals surface area contributed by atoms with E-state index in [1.807, 2.05) is 0 Å². The summed E-state index contributed by atoms with van der Waals surface area (Å²) in [6.45, 7) is 0. The molecule has 9 heteroatoms. The van der Waals surface area contributed by atoms with Crippen molar-refractivity contribution < 1.29 is 17.9 Å². The van der Waals surface area contributed by atoms with Crippen LogP contribution in [0.3, 0.4) is 0 Å². The van der Waals surface area contributed by atoms with E-state index in [0.29, 0.717) is 12.1 Å². The summed E-state index contributed by atoms with van der Waals surface area (Å²) in [6.07, 6.45) is 1.16. The van der Waals surface area contributed by atoms with Gasteiger partial charge in [0.2, 0.25) is 11.8 Å². The molecule has 0 bridgehead atoms. The number of nitrogens with two attached hydrogens (primary N) is 1. The average Bonchev–Trinajstić information content (AvgIpc) is 2.79. The molecule has 6 nitrogen and oxygen atoms in total. The van der Waals surface area contributed by atoms with Gasteiger partial charge in [-0.2, -0.15) is 4.98 Å². The van der Waals surface area contributed by atoms with Gasteiger partial charge in [-0.1, -0.05) is 0 Å². The predicted molar refractivity (Wildman–Crippen MR) is 67.5 cm³/mol. The molecule has 0 aliphatic carbocycles. The number of rotatable bonds is 2. The SMILES string of the molecule is COc1ncnc2c1nc(N)n2-c1cc(F)c(F)cc1F. The van der Waals surface area contributed by atoms with Crippen LogP contribution >= 0.6 is 0 Å². The number of halogens is 3. The van der Waals surface area contributed by atoms with Crippen LogP contribution in [0.25, 0.3) is 16.9 Å². The second kappa shape index (κ2) is 4.62. The van der Waals surface area contributed by atoms with Crippen molar-refractivity contribution >= 4 is 17.1 Å². The zero-order chi connectivity index (χ0) is 15.1. The summed E-state index contributed by atoms with van der Waals surface area (Å²) in [7, 11) is 1.37. The molecular formula is C12H8F3N5O. The summed E-state index contributed by atoms with van der Waals surface area (Å²) < 4.78 is 46.3. The molecule has 0 amide bonds. The van der Waals surface area contributed by atoms with Gasteiger partial charge >= 0.3 is 0 Å². The minimum atomic E-state index is -1.30. The molecule has 0 fully saturated rings. The lowest BCUT2D eigenvalue weighted by Gasteiger charge is -2.07. The van der Waals surface area contributed by atoms with Crippen LogP contribution in [0.2, 0.25) is 0 Å². The van der Waals surface area contributed by atoms with Crippen LogP contribution in [0.5, 0.6) is 5.88 Å². The number of imidazole rings is 1. The summed E-state index contributed by atoms with van der Waals surface area (Å²) in [5.41, 5.74) is 5.70. The fourth-order valence-corrected chi connectivity index (χ4v) is 1.96. The molecule has 0 atom stereocenters. The Morgan fingerprint density at radius 1 is 1.10 bits per heavy atom. The Balaban J connectivity index is 2.36. The van der Waals surface area contributed by atoms with Gasteiger partial charge in [0.25, 0.3) is 0 Å². The van der Waals surface area contributed by atoms with E-state index in [-0.39, 0.29) is 28.7 Å². The third-order valence-electron chi connectivity index (χ3n) is 2.86. The summed E-state index contributed by atoms with van der Waals surface area (Å²) in [5, 5.41) is 0. The molecule has 1 aromatic carbocycles. The van der Waals surface area contributed by atoms with Gasteiger partial charge in [0.05, 0.1) is 12.8 Å². The van der Waals surface area contributed by atoms with Gasteiger partial charge in [0.1, 0.15) is 12.1 Å². The molecule has 2 N–H and O–H groups in total. The Bertz CT molecular complexity index is 849. The zero-order valence-corrected chi connectivity index (χ0v) is 10.6. The lowest BCUT2D eigenvalue weighted by Crippen LogP contribution is -2.05. The number of anilines is 1. The van der Waals surface area contributed by atoms with Crippen LogP contribution in [-0.4, -0.2) is 26.6 Å². The van der Waals surface area contributed by atoms with Crippen molar-refractivity contribution in [2.75, 3.05) is 12.8 Å². The van der Waals surface area contributed by atoms with Crippen molar-refractivity contribution in [1.82, 2.24) is 19.5 Å². The summed E-state index contributed by atoms with van der Waals surface area (Å²) in [4.78, 5) is 11.7. The molecule has 108 valence electrons. The van der Waals surface area contributed by atoms with Crippen molar-refractivity contribution in [1.29, 1.82) is 0 Å². The van der Waals surface area contributed by atoms with Gasteiger partial charge in [0.15, 0.2) is 22.8 Å². The van der Waals surface area contributed by atoms with Crippen LogP contribution in [0.15, 0.2) is 18.5 Å². The van der Waals surface area contributed by atoms with E-state index < -0.39 is 17.5 Å². The average molecular weight is 295 g/mol. The first-order valence-electron chi connectivity index (χ1n) is 5.70. The number of hydrogen-bond acceptors (Lipinski definition) is 5. The highest BCUT2D eigenvalue weighted by molar-refractivity contribution is 5.81. The number of fused-ring (bicyclic) bond motifs is 1. The van der Waals surface area contributed by atoms with Crippen molar-refractivity contribution in [3.63, 3.8) is 0 Å². The van der Waals surface area contributed by atoms with Crippen molar-refractivity contribution in [3.8, 4) is 11.6 Å². The quantitative estimate of drug-likeness (QED) is 0.730. The highest BCUT2D eigenvalue weighted by atomic mass is 19.2. The Kier molecular flexibility index (Phi) is 2.89. The van der Waals surface area contributed by atoms with Crippen molar-refractivity contribution in [2.24, 2.45) is 0 Å². The standard InChI is InChI=1S/C12H8F3N5O/c1-21-11-9-10(17-4-18-11)20(12(16)19-9)8-3-6(14)5(13)2-7(8)15/h2-4H,1H3,(H2,16,19). The summed E-state index contributed by atoms with van der Waals surface area (Å²) in [6, 6.07) is 1.10. The van der Waals surface area contributed by atoms with Crippen LogP contribution in [0.1, 0.15) is 0 Å². The normalized spacial score (nSPS) is 11.0. The molecule has 0 unspecified atom stereocenters. The van der Waals surface area contributed by atoms with Gasteiger partial charge in [-0.05, 0) is 0 Å². The highest BCUT2D eigenvalue weighted by Crippen LogP contribution is 2.28. The number of aromatic nitrogens is 4. The van der Waals surface area contributed by atoms with Gasteiger partial charge in [-0.25, -0.2) is 23.1 Å². The Morgan fingerprint density at radius 2 is 1.81 bits per heavy atom. The van der Waals surface area contributed by atoms with E-state index >= 15 is 0 Å². The third-order valence-corrected chi connectivity index (χ3v) is 2.86. The van der Waals surface area contributed by atoms with Crippen molar-refractivity contribution in [2.45, 2.75) is 0 Å². The molecule has 21 heavy (non-hydrogen) atoms. The fraction of sp³-hybridized carbons (Fsp3) is 0.0833. The van der Waals surface area contributed by atoms with E-state index in [1.165, 1.54) is 7.11 Å². The second-order valence-corrected chi connectivity index (χ2v) is 4.08. The Hall–Kier alpha value is -2.84. The van der Waals surface area contributed by atoms with E-state index in [1.54, 1.807) is 0 Å². The van der Waals surface area contributed by atoms with Crippen molar-refractivity contribution in [3.05, 3.63) is 35.9 Å². The third kappa shape index (κ3) is 1.93. The molecule has 0 saturated heterocycles. The molecule has 0 saturated carbocycles. The van der Waals surface area contributed by atoms with Crippen LogP contribution in [0, 0.1) is 17.5 Å². The lowest BCUT2D eigenvalue weighted by atomic mass is 10.2.